The Hall–Kier alpha value is -3.79. The Morgan fingerprint density at radius 3 is 2.53 bits per heavy atom. The molecule has 0 aliphatic rings. The van der Waals surface area contributed by atoms with Gasteiger partial charge in [-0.25, -0.2) is 14.1 Å². The molecule has 10 heteroatoms. The monoisotopic (exact) mass is 422 g/mol. The van der Waals surface area contributed by atoms with Crippen LogP contribution in [0.1, 0.15) is 23.1 Å². The van der Waals surface area contributed by atoms with Crippen molar-refractivity contribution in [3.63, 3.8) is 0 Å². The third-order valence-corrected chi connectivity index (χ3v) is 4.83. The van der Waals surface area contributed by atoms with E-state index in [0.717, 1.165) is 17.1 Å². The quantitative estimate of drug-likeness (QED) is 0.511. The molecule has 0 atom stereocenters. The maximum Gasteiger partial charge on any atom is 0.257 e. The molecule has 0 aliphatic heterocycles. The molecule has 30 heavy (non-hydrogen) atoms. The molecule has 0 saturated carbocycles. The van der Waals surface area contributed by atoms with E-state index in [0.29, 0.717) is 27.9 Å². The predicted octanol–water partition coefficient (Wildman–Crippen LogP) is 3.31. The Morgan fingerprint density at radius 1 is 1.10 bits per heavy atom. The lowest BCUT2D eigenvalue weighted by molar-refractivity contribution is -0.116. The number of hydrogen-bond donors (Lipinski definition) is 1. The van der Waals surface area contributed by atoms with Crippen molar-refractivity contribution in [1.29, 1.82) is 0 Å². The highest BCUT2D eigenvalue weighted by molar-refractivity contribution is 7.09. The van der Waals surface area contributed by atoms with Crippen molar-refractivity contribution in [1.82, 2.24) is 24.4 Å². The van der Waals surface area contributed by atoms with Crippen LogP contribution in [0.5, 0.6) is 0 Å². The first kappa shape index (κ1) is 19.5. The molecule has 2 heterocycles. The molecular formula is C20H15FN6O2S. The van der Waals surface area contributed by atoms with Crippen molar-refractivity contribution < 1.29 is 14.0 Å². The fraction of sp³-hybridized carbons (Fsp3) is 0.100. The number of Topliss-reactive ketones (excluding diaryl/α,β-unsaturated/α-hetero) is 1. The second-order valence-electron chi connectivity index (χ2n) is 6.43. The van der Waals surface area contributed by atoms with Crippen LogP contribution in [0.3, 0.4) is 0 Å². The second-order valence-corrected chi connectivity index (χ2v) is 7.19. The Labute approximate surface area is 174 Å². The van der Waals surface area contributed by atoms with Crippen molar-refractivity contribution in [3.05, 3.63) is 71.9 Å². The summed E-state index contributed by atoms with van der Waals surface area (Å²) in [5.74, 6) is -0.326. The number of nitrogens with zero attached hydrogens (tertiary/aromatic N) is 5. The van der Waals surface area contributed by atoms with E-state index in [-0.39, 0.29) is 23.9 Å². The first-order valence-corrected chi connectivity index (χ1v) is 9.67. The molecule has 2 aromatic heterocycles. The number of halogens is 1. The minimum atomic E-state index is -0.343. The van der Waals surface area contributed by atoms with Crippen LogP contribution in [0.4, 0.5) is 9.52 Å². The summed E-state index contributed by atoms with van der Waals surface area (Å²) in [5, 5.41) is 11.0. The summed E-state index contributed by atoms with van der Waals surface area (Å²) in [6.07, 6.45) is 1.72. The normalized spacial score (nSPS) is 10.7. The number of aromatic nitrogens is 5. The molecule has 0 bridgehead atoms. The SMILES string of the molecule is CC(=O)Cc1nsc(NC(=O)c2ccc(-n3nncc3-c3ccc(F)cc3)cc2)n1. The van der Waals surface area contributed by atoms with Gasteiger partial charge in [0.25, 0.3) is 5.91 Å². The van der Waals surface area contributed by atoms with Gasteiger partial charge in [-0.05, 0) is 55.5 Å². The molecule has 0 radical (unpaired) electrons. The van der Waals surface area contributed by atoms with E-state index in [4.69, 9.17) is 0 Å². The number of carbonyl (C=O) groups is 2. The molecule has 150 valence electrons. The third kappa shape index (κ3) is 4.28. The maximum absolute atomic E-state index is 13.2. The van der Waals surface area contributed by atoms with Crippen LogP contribution in [0.2, 0.25) is 0 Å². The minimum Gasteiger partial charge on any atom is -0.300 e. The number of carbonyl (C=O) groups excluding carboxylic acids is 2. The van der Waals surface area contributed by atoms with E-state index in [1.165, 1.54) is 19.1 Å². The summed E-state index contributed by atoms with van der Waals surface area (Å²) >= 11 is 1.02. The average molecular weight is 422 g/mol. The van der Waals surface area contributed by atoms with E-state index in [9.17, 15) is 14.0 Å². The average Bonchev–Trinajstić information content (AvgIpc) is 3.38. The predicted molar refractivity (Wildman–Crippen MR) is 109 cm³/mol. The van der Waals surface area contributed by atoms with Crippen molar-refractivity contribution in [2.75, 3.05) is 5.32 Å². The van der Waals surface area contributed by atoms with Gasteiger partial charge in [0.05, 0.1) is 24.0 Å². The minimum absolute atomic E-state index is 0.0469. The van der Waals surface area contributed by atoms with E-state index < -0.39 is 0 Å². The van der Waals surface area contributed by atoms with Crippen LogP contribution in [-0.4, -0.2) is 36.0 Å². The summed E-state index contributed by atoms with van der Waals surface area (Å²) in [5.41, 5.74) is 2.58. The maximum atomic E-state index is 13.2. The molecule has 0 spiro atoms. The van der Waals surface area contributed by atoms with Crippen LogP contribution in [0.15, 0.2) is 54.7 Å². The first-order valence-electron chi connectivity index (χ1n) is 8.90. The van der Waals surface area contributed by atoms with Crippen LogP contribution in [0.25, 0.3) is 16.9 Å². The molecule has 8 nitrogen and oxygen atoms in total. The van der Waals surface area contributed by atoms with Gasteiger partial charge in [0.1, 0.15) is 11.6 Å². The Kier molecular flexibility index (Phi) is 5.40. The first-order chi connectivity index (χ1) is 14.5. The number of amides is 1. The molecule has 4 rings (SSSR count). The van der Waals surface area contributed by atoms with Crippen LogP contribution in [0, 0.1) is 5.82 Å². The van der Waals surface area contributed by atoms with Gasteiger partial charge in [0.2, 0.25) is 5.13 Å². The highest BCUT2D eigenvalue weighted by Gasteiger charge is 2.13. The van der Waals surface area contributed by atoms with Gasteiger partial charge in [-0.1, -0.05) is 5.21 Å². The Morgan fingerprint density at radius 2 is 1.83 bits per heavy atom. The van der Waals surface area contributed by atoms with Gasteiger partial charge in [-0.15, -0.1) is 5.10 Å². The van der Waals surface area contributed by atoms with Gasteiger partial charge in [-0.3, -0.25) is 14.9 Å². The smallest absolute Gasteiger partial charge is 0.257 e. The Balaban J connectivity index is 1.50. The van der Waals surface area contributed by atoms with Crippen molar-refractivity contribution >= 4 is 28.4 Å². The highest BCUT2D eigenvalue weighted by Crippen LogP contribution is 2.22. The summed E-state index contributed by atoms with van der Waals surface area (Å²) in [4.78, 5) is 27.7. The molecular weight excluding hydrogens is 407 g/mol. The van der Waals surface area contributed by atoms with Crippen LogP contribution in [-0.2, 0) is 11.2 Å². The van der Waals surface area contributed by atoms with E-state index in [1.807, 2.05) is 0 Å². The zero-order chi connectivity index (χ0) is 21.1. The lowest BCUT2D eigenvalue weighted by Crippen LogP contribution is -2.12. The number of rotatable bonds is 6. The zero-order valence-corrected chi connectivity index (χ0v) is 16.6. The molecule has 1 N–H and O–H groups in total. The number of anilines is 1. The van der Waals surface area contributed by atoms with Gasteiger partial charge in [-0.2, -0.15) is 4.37 Å². The largest absolute Gasteiger partial charge is 0.300 e. The van der Waals surface area contributed by atoms with Crippen molar-refractivity contribution in [2.45, 2.75) is 13.3 Å². The molecule has 0 fully saturated rings. The third-order valence-electron chi connectivity index (χ3n) is 4.16. The van der Waals surface area contributed by atoms with Gasteiger partial charge in [0, 0.05) is 22.7 Å². The topological polar surface area (TPSA) is 103 Å². The lowest BCUT2D eigenvalue weighted by atomic mass is 10.1. The van der Waals surface area contributed by atoms with E-state index >= 15 is 0 Å². The number of hydrogen-bond acceptors (Lipinski definition) is 7. The fourth-order valence-corrected chi connectivity index (χ4v) is 3.35. The summed E-state index contributed by atoms with van der Waals surface area (Å²) < 4.78 is 18.8. The molecule has 2 aromatic carbocycles. The molecule has 0 unspecified atom stereocenters. The van der Waals surface area contributed by atoms with E-state index in [1.54, 1.807) is 47.3 Å². The highest BCUT2D eigenvalue weighted by atomic mass is 32.1. The number of benzene rings is 2. The molecule has 0 aliphatic carbocycles. The lowest BCUT2D eigenvalue weighted by Gasteiger charge is -2.07. The number of nitrogens with one attached hydrogen (secondary N) is 1. The second kappa shape index (κ2) is 8.29. The van der Waals surface area contributed by atoms with Crippen LogP contribution >= 0.6 is 11.5 Å². The fourth-order valence-electron chi connectivity index (χ4n) is 2.77. The summed E-state index contributed by atoms with van der Waals surface area (Å²) in [7, 11) is 0. The summed E-state index contributed by atoms with van der Waals surface area (Å²) in [6, 6.07) is 12.8. The molecule has 4 aromatic rings. The van der Waals surface area contributed by atoms with Crippen molar-refractivity contribution in [3.8, 4) is 16.9 Å². The Bertz CT molecular complexity index is 1200. The van der Waals surface area contributed by atoms with E-state index in [2.05, 4.69) is 25.0 Å². The van der Waals surface area contributed by atoms with Gasteiger partial charge >= 0.3 is 0 Å². The molecule has 0 saturated heterocycles. The number of ketones is 1. The molecule has 1 amide bonds. The van der Waals surface area contributed by atoms with Crippen molar-refractivity contribution in [2.24, 2.45) is 0 Å². The van der Waals surface area contributed by atoms with Gasteiger partial charge in [0.15, 0.2) is 5.82 Å². The standard InChI is InChI=1S/C20H15FN6O2S/c1-12(28)10-18-23-20(30-25-18)24-19(29)14-4-8-16(9-5-14)27-17(11-22-26-27)13-2-6-15(21)7-3-13/h2-9,11H,10H2,1H3,(H,23,24,25,29). The van der Waals surface area contributed by atoms with Crippen LogP contribution < -0.4 is 5.32 Å². The summed E-state index contributed by atoms with van der Waals surface area (Å²) in [6.45, 7) is 1.46. The zero-order valence-electron chi connectivity index (χ0n) is 15.7. The van der Waals surface area contributed by atoms with Gasteiger partial charge < -0.3 is 0 Å².